The molecule has 0 saturated carbocycles. The molecule has 1 unspecified atom stereocenters. The third kappa shape index (κ3) is 3.68. The predicted octanol–water partition coefficient (Wildman–Crippen LogP) is 2.96. The van der Waals surface area contributed by atoms with Crippen LogP contribution in [0.15, 0.2) is 6.07 Å². The molecule has 0 radical (unpaired) electrons. The number of ketones is 1. The topological polar surface area (TPSA) is 23.6 Å². The van der Waals surface area contributed by atoms with Gasteiger partial charge in [0.15, 0.2) is 5.78 Å². The number of carbonyl (C=O) groups is 1. The molecule has 0 aliphatic carbocycles. The fourth-order valence-corrected chi connectivity index (χ4v) is 3.76. The lowest BCUT2D eigenvalue weighted by molar-refractivity contribution is 0.0784. The SMILES string of the molecule is CCC(C)N1CCN(CC(=O)c2cc(C)sc2C)CC1. The van der Waals surface area contributed by atoms with E-state index in [9.17, 15) is 4.79 Å². The van der Waals surface area contributed by atoms with E-state index in [1.807, 2.05) is 13.0 Å². The molecule has 1 saturated heterocycles. The van der Waals surface area contributed by atoms with Crippen LogP contribution in [0, 0.1) is 13.8 Å². The Kier molecular flexibility index (Phi) is 5.35. The van der Waals surface area contributed by atoms with Crippen LogP contribution in [-0.2, 0) is 0 Å². The molecule has 2 rings (SSSR count). The lowest BCUT2D eigenvalue weighted by Crippen LogP contribution is -2.50. The minimum absolute atomic E-state index is 0.281. The van der Waals surface area contributed by atoms with Crippen molar-refractivity contribution in [3.8, 4) is 0 Å². The molecule has 0 aromatic carbocycles. The first-order chi connectivity index (χ1) is 9.51. The smallest absolute Gasteiger partial charge is 0.177 e. The van der Waals surface area contributed by atoms with Crippen LogP contribution in [0.2, 0.25) is 0 Å². The normalized spacial score (nSPS) is 19.2. The second-order valence-corrected chi connectivity index (χ2v) is 7.28. The summed E-state index contributed by atoms with van der Waals surface area (Å²) >= 11 is 1.72. The summed E-state index contributed by atoms with van der Waals surface area (Å²) in [6.07, 6.45) is 1.20. The molecule has 1 fully saturated rings. The van der Waals surface area contributed by atoms with E-state index in [0.29, 0.717) is 12.6 Å². The molecule has 0 bridgehead atoms. The lowest BCUT2D eigenvalue weighted by atomic mass is 10.1. The van der Waals surface area contributed by atoms with Crippen LogP contribution in [0.3, 0.4) is 0 Å². The van der Waals surface area contributed by atoms with Gasteiger partial charge in [-0.15, -0.1) is 11.3 Å². The van der Waals surface area contributed by atoms with Crippen molar-refractivity contribution in [3.05, 3.63) is 21.4 Å². The van der Waals surface area contributed by atoms with Gasteiger partial charge in [0, 0.05) is 47.5 Å². The maximum Gasteiger partial charge on any atom is 0.177 e. The zero-order valence-corrected chi connectivity index (χ0v) is 13.9. The van der Waals surface area contributed by atoms with Crippen molar-refractivity contribution in [1.29, 1.82) is 0 Å². The van der Waals surface area contributed by atoms with Crippen LogP contribution < -0.4 is 0 Å². The molecule has 1 atom stereocenters. The Morgan fingerprint density at radius 2 is 1.95 bits per heavy atom. The maximum absolute atomic E-state index is 12.4. The molecule has 112 valence electrons. The summed E-state index contributed by atoms with van der Waals surface area (Å²) in [5.74, 6) is 0.281. The number of nitrogens with zero attached hydrogens (tertiary/aromatic N) is 2. The van der Waals surface area contributed by atoms with E-state index in [2.05, 4.69) is 30.6 Å². The van der Waals surface area contributed by atoms with E-state index in [-0.39, 0.29) is 5.78 Å². The highest BCUT2D eigenvalue weighted by Crippen LogP contribution is 2.21. The van der Waals surface area contributed by atoms with Crippen molar-refractivity contribution >= 4 is 17.1 Å². The molecule has 0 N–H and O–H groups in total. The minimum Gasteiger partial charge on any atom is -0.298 e. The summed E-state index contributed by atoms with van der Waals surface area (Å²) in [5, 5.41) is 0. The molecule has 1 aliphatic heterocycles. The zero-order valence-electron chi connectivity index (χ0n) is 13.1. The highest BCUT2D eigenvalue weighted by atomic mass is 32.1. The molecule has 4 heteroatoms. The van der Waals surface area contributed by atoms with Crippen molar-refractivity contribution in [2.45, 2.75) is 40.2 Å². The van der Waals surface area contributed by atoms with Gasteiger partial charge in [0.2, 0.25) is 0 Å². The Bertz CT molecular complexity index is 461. The summed E-state index contributed by atoms with van der Waals surface area (Å²) in [7, 11) is 0. The number of rotatable bonds is 5. The van der Waals surface area contributed by atoms with E-state index >= 15 is 0 Å². The minimum atomic E-state index is 0.281. The molecule has 3 nitrogen and oxygen atoms in total. The van der Waals surface area contributed by atoms with Gasteiger partial charge in [-0.25, -0.2) is 0 Å². The first-order valence-electron chi connectivity index (χ1n) is 7.58. The molecule has 1 aliphatic rings. The van der Waals surface area contributed by atoms with Crippen molar-refractivity contribution in [3.63, 3.8) is 0 Å². The van der Waals surface area contributed by atoms with Crippen LogP contribution in [0.4, 0.5) is 0 Å². The predicted molar refractivity (Wildman–Crippen MR) is 85.9 cm³/mol. The average Bonchev–Trinajstić information content (AvgIpc) is 2.78. The van der Waals surface area contributed by atoms with Gasteiger partial charge >= 0.3 is 0 Å². The molecule has 1 aromatic heterocycles. The number of thiophene rings is 1. The van der Waals surface area contributed by atoms with E-state index < -0.39 is 0 Å². The van der Waals surface area contributed by atoms with Gasteiger partial charge in [0.05, 0.1) is 6.54 Å². The average molecular weight is 294 g/mol. The zero-order chi connectivity index (χ0) is 14.7. The molecular weight excluding hydrogens is 268 g/mol. The van der Waals surface area contributed by atoms with Gasteiger partial charge in [-0.3, -0.25) is 14.6 Å². The Hall–Kier alpha value is -0.710. The monoisotopic (exact) mass is 294 g/mol. The fourth-order valence-electron chi connectivity index (χ4n) is 2.82. The number of Topliss-reactive ketones (excluding diaryl/α,β-unsaturated/α-hetero) is 1. The lowest BCUT2D eigenvalue weighted by Gasteiger charge is -2.37. The Morgan fingerprint density at radius 3 is 2.45 bits per heavy atom. The summed E-state index contributed by atoms with van der Waals surface area (Å²) < 4.78 is 0. The molecule has 1 aromatic rings. The van der Waals surface area contributed by atoms with Crippen LogP contribution in [0.1, 0.15) is 40.4 Å². The highest BCUT2D eigenvalue weighted by Gasteiger charge is 2.22. The van der Waals surface area contributed by atoms with E-state index in [1.165, 1.54) is 11.3 Å². The number of hydrogen-bond donors (Lipinski definition) is 0. The summed E-state index contributed by atoms with van der Waals surface area (Å²) in [4.78, 5) is 19.6. The molecular formula is C16H26N2OS. The fraction of sp³-hybridized carbons (Fsp3) is 0.688. The first-order valence-corrected chi connectivity index (χ1v) is 8.39. The van der Waals surface area contributed by atoms with Gasteiger partial charge < -0.3 is 0 Å². The maximum atomic E-state index is 12.4. The number of piperazine rings is 1. The summed E-state index contributed by atoms with van der Waals surface area (Å²) in [6, 6.07) is 2.70. The van der Waals surface area contributed by atoms with E-state index in [0.717, 1.165) is 36.6 Å². The largest absolute Gasteiger partial charge is 0.298 e. The third-order valence-corrected chi connectivity index (χ3v) is 5.30. The molecule has 0 amide bonds. The molecule has 20 heavy (non-hydrogen) atoms. The molecule has 2 heterocycles. The van der Waals surface area contributed by atoms with Crippen molar-refractivity contribution in [2.24, 2.45) is 0 Å². The first kappa shape index (κ1) is 15.7. The number of aryl methyl sites for hydroxylation is 2. The van der Waals surface area contributed by atoms with Crippen LogP contribution in [0.25, 0.3) is 0 Å². The van der Waals surface area contributed by atoms with Crippen molar-refractivity contribution in [1.82, 2.24) is 9.80 Å². The van der Waals surface area contributed by atoms with Crippen LogP contribution >= 0.6 is 11.3 Å². The van der Waals surface area contributed by atoms with Gasteiger partial charge in [-0.1, -0.05) is 6.92 Å². The van der Waals surface area contributed by atoms with Gasteiger partial charge in [0.1, 0.15) is 0 Å². The van der Waals surface area contributed by atoms with E-state index in [4.69, 9.17) is 0 Å². The van der Waals surface area contributed by atoms with Gasteiger partial charge in [0.25, 0.3) is 0 Å². The second kappa shape index (κ2) is 6.83. The summed E-state index contributed by atoms with van der Waals surface area (Å²) in [6.45, 7) is 13.4. The van der Waals surface area contributed by atoms with E-state index in [1.54, 1.807) is 11.3 Å². The van der Waals surface area contributed by atoms with Gasteiger partial charge in [-0.2, -0.15) is 0 Å². The Labute approximate surface area is 126 Å². The summed E-state index contributed by atoms with van der Waals surface area (Å²) in [5.41, 5.74) is 0.928. The highest BCUT2D eigenvalue weighted by molar-refractivity contribution is 7.12. The third-order valence-electron chi connectivity index (χ3n) is 4.33. The Balaban J connectivity index is 1.86. The second-order valence-electron chi connectivity index (χ2n) is 5.82. The number of carbonyl (C=O) groups excluding carboxylic acids is 1. The Morgan fingerprint density at radius 1 is 1.30 bits per heavy atom. The standard InChI is InChI=1S/C16H26N2OS/c1-5-12(2)18-8-6-17(7-9-18)11-16(19)15-10-13(3)20-14(15)4/h10,12H,5-9,11H2,1-4H3. The van der Waals surface area contributed by atoms with Crippen molar-refractivity contribution < 1.29 is 4.79 Å². The van der Waals surface area contributed by atoms with Crippen LogP contribution in [-0.4, -0.2) is 54.3 Å². The quantitative estimate of drug-likeness (QED) is 0.780. The van der Waals surface area contributed by atoms with Gasteiger partial charge in [-0.05, 0) is 33.3 Å². The molecule has 0 spiro atoms. The van der Waals surface area contributed by atoms with Crippen LogP contribution in [0.5, 0.6) is 0 Å². The van der Waals surface area contributed by atoms with Crippen molar-refractivity contribution in [2.75, 3.05) is 32.7 Å². The number of hydrogen-bond acceptors (Lipinski definition) is 4.